The fourth-order valence-electron chi connectivity index (χ4n) is 1.71. The Hall–Kier alpha value is -1.33. The number of para-hydroxylation sites is 1. The van der Waals surface area contributed by atoms with Crippen LogP contribution in [0, 0.1) is 0 Å². The second-order valence-corrected chi connectivity index (χ2v) is 7.50. The molecule has 4 nitrogen and oxygen atoms in total. The molecule has 0 fully saturated rings. The van der Waals surface area contributed by atoms with E-state index in [2.05, 4.69) is 15.3 Å². The van der Waals surface area contributed by atoms with Gasteiger partial charge in [0.1, 0.15) is 0 Å². The van der Waals surface area contributed by atoms with Crippen LogP contribution >= 0.6 is 11.6 Å². The molecule has 1 aromatic heterocycles. The Labute approximate surface area is 126 Å². The molecule has 0 radical (unpaired) electrons. The van der Waals surface area contributed by atoms with Crippen molar-refractivity contribution in [2.24, 2.45) is 0 Å². The van der Waals surface area contributed by atoms with Crippen LogP contribution in [0.3, 0.4) is 0 Å². The molecule has 1 heterocycles. The van der Waals surface area contributed by atoms with E-state index in [1.807, 2.05) is 38.1 Å². The van der Waals surface area contributed by atoms with Crippen molar-refractivity contribution in [3.05, 3.63) is 42.2 Å². The van der Waals surface area contributed by atoms with E-state index in [1.165, 1.54) is 0 Å². The molecule has 0 saturated carbocycles. The molecule has 0 aliphatic heterocycles. The summed E-state index contributed by atoms with van der Waals surface area (Å²) in [6.45, 7) is 4.54. The number of hydrogen-bond acceptors (Lipinski definition) is 3. The van der Waals surface area contributed by atoms with E-state index < -0.39 is 10.8 Å². The van der Waals surface area contributed by atoms with Crippen LogP contribution in [0.15, 0.2) is 41.8 Å². The van der Waals surface area contributed by atoms with Crippen LogP contribution in [0.4, 0.5) is 5.69 Å². The van der Waals surface area contributed by atoms with Gasteiger partial charge in [-0.15, -0.1) is 11.6 Å². The first-order valence-electron chi connectivity index (χ1n) is 6.34. The van der Waals surface area contributed by atoms with Gasteiger partial charge in [0, 0.05) is 24.6 Å². The molecule has 0 bridgehead atoms. The highest BCUT2D eigenvalue weighted by Gasteiger charge is 2.15. The summed E-state index contributed by atoms with van der Waals surface area (Å²) in [6.07, 6.45) is 3.28. The Morgan fingerprint density at radius 1 is 1.40 bits per heavy atom. The van der Waals surface area contributed by atoms with Gasteiger partial charge in [-0.25, -0.2) is 4.98 Å². The normalized spacial score (nSPS) is 13.2. The van der Waals surface area contributed by atoms with Crippen LogP contribution in [-0.4, -0.2) is 25.6 Å². The largest absolute Gasteiger partial charge is 0.383 e. The molecule has 0 saturated heterocycles. The lowest BCUT2D eigenvalue weighted by molar-refractivity contribution is 0.677. The summed E-state index contributed by atoms with van der Waals surface area (Å²) in [5.74, 6) is 0.416. The number of rotatable bonds is 6. The molecule has 2 rings (SSSR count). The molecule has 1 unspecified atom stereocenters. The van der Waals surface area contributed by atoms with E-state index >= 15 is 0 Å². The second kappa shape index (κ2) is 6.41. The third kappa shape index (κ3) is 4.35. The molecule has 6 heteroatoms. The lowest BCUT2D eigenvalue weighted by Gasteiger charge is -2.19. The zero-order valence-corrected chi connectivity index (χ0v) is 13.1. The Balaban J connectivity index is 2.10. The van der Waals surface area contributed by atoms with Crippen LogP contribution in [0.25, 0.3) is 0 Å². The highest BCUT2D eigenvalue weighted by Crippen LogP contribution is 2.21. The Bertz CT molecular complexity index is 578. The van der Waals surface area contributed by atoms with Gasteiger partial charge in [0.15, 0.2) is 5.16 Å². The summed E-state index contributed by atoms with van der Waals surface area (Å²) in [4.78, 5) is 6.58. The lowest BCUT2D eigenvalue weighted by Crippen LogP contribution is -2.23. The van der Waals surface area contributed by atoms with Crippen molar-refractivity contribution in [1.82, 2.24) is 9.97 Å². The quantitative estimate of drug-likeness (QED) is 0.806. The monoisotopic (exact) mass is 311 g/mol. The minimum atomic E-state index is -1.18. The minimum Gasteiger partial charge on any atom is -0.383 e. The van der Waals surface area contributed by atoms with E-state index in [4.69, 9.17) is 11.6 Å². The maximum atomic E-state index is 12.2. The zero-order valence-electron chi connectivity index (χ0n) is 11.5. The maximum absolute atomic E-state index is 12.2. The number of aromatic amines is 1. The molecule has 1 atom stereocenters. The van der Waals surface area contributed by atoms with E-state index in [9.17, 15) is 4.21 Å². The van der Waals surface area contributed by atoms with Gasteiger partial charge >= 0.3 is 0 Å². The van der Waals surface area contributed by atoms with Crippen molar-refractivity contribution in [2.45, 2.75) is 29.6 Å². The third-order valence-corrected chi connectivity index (χ3v) is 4.05. The minimum absolute atomic E-state index is 0.326. The van der Waals surface area contributed by atoms with Crippen LogP contribution in [0.2, 0.25) is 0 Å². The number of alkyl halides is 1. The van der Waals surface area contributed by atoms with Crippen molar-refractivity contribution in [2.75, 3.05) is 11.9 Å². The maximum Gasteiger partial charge on any atom is 0.196 e. The topological polar surface area (TPSA) is 57.8 Å². The van der Waals surface area contributed by atoms with Crippen LogP contribution in [0.5, 0.6) is 0 Å². The number of benzene rings is 1. The Morgan fingerprint density at radius 3 is 2.80 bits per heavy atom. The van der Waals surface area contributed by atoms with Crippen LogP contribution in [-0.2, 0) is 16.6 Å². The standard InChI is InChI=1S/C14H18ClN3OS/c1-14(2,15)10-18-12-6-4-3-5-11(12)9-20(19)13-16-7-8-17-13/h3-8,18H,9-10H2,1-2H3,(H,16,17). The third-order valence-electron chi connectivity index (χ3n) is 2.69. The number of nitrogens with one attached hydrogen (secondary N) is 2. The first-order valence-corrected chi connectivity index (χ1v) is 8.04. The van der Waals surface area contributed by atoms with E-state index in [-0.39, 0.29) is 4.87 Å². The van der Waals surface area contributed by atoms with Gasteiger partial charge in [0.05, 0.1) is 21.4 Å². The fraction of sp³-hybridized carbons (Fsp3) is 0.357. The highest BCUT2D eigenvalue weighted by molar-refractivity contribution is 7.84. The van der Waals surface area contributed by atoms with Gasteiger partial charge in [0.2, 0.25) is 0 Å². The molecule has 108 valence electrons. The number of nitrogens with zero attached hydrogens (tertiary/aromatic N) is 1. The van der Waals surface area contributed by atoms with Crippen LogP contribution < -0.4 is 5.32 Å². The predicted molar refractivity (Wildman–Crippen MR) is 83.6 cm³/mol. The number of halogens is 1. The van der Waals surface area contributed by atoms with Crippen molar-refractivity contribution in [3.8, 4) is 0 Å². The van der Waals surface area contributed by atoms with E-state index in [0.29, 0.717) is 17.5 Å². The Kier molecular flexibility index (Phi) is 4.83. The number of hydrogen-bond donors (Lipinski definition) is 2. The van der Waals surface area contributed by atoms with Gasteiger partial charge in [0.25, 0.3) is 0 Å². The summed E-state index contributed by atoms with van der Waals surface area (Å²) < 4.78 is 12.2. The summed E-state index contributed by atoms with van der Waals surface area (Å²) in [5.41, 5.74) is 1.95. The first kappa shape index (κ1) is 15.1. The number of anilines is 1. The summed E-state index contributed by atoms with van der Waals surface area (Å²) in [6, 6.07) is 7.82. The average molecular weight is 312 g/mol. The average Bonchev–Trinajstić information content (AvgIpc) is 2.90. The van der Waals surface area contributed by atoms with Crippen molar-refractivity contribution < 1.29 is 4.21 Å². The SMILES string of the molecule is CC(C)(Cl)CNc1ccccc1CS(=O)c1ncc[nH]1. The van der Waals surface area contributed by atoms with E-state index in [1.54, 1.807) is 12.4 Å². The van der Waals surface area contributed by atoms with Gasteiger partial charge in [-0.3, -0.25) is 4.21 Å². The van der Waals surface area contributed by atoms with Crippen molar-refractivity contribution >= 4 is 28.1 Å². The second-order valence-electron chi connectivity index (χ2n) is 5.11. The Morgan fingerprint density at radius 2 is 2.15 bits per heavy atom. The highest BCUT2D eigenvalue weighted by atomic mass is 35.5. The zero-order chi connectivity index (χ0) is 14.6. The summed E-state index contributed by atoms with van der Waals surface area (Å²) in [5, 5.41) is 3.80. The van der Waals surface area contributed by atoms with E-state index in [0.717, 1.165) is 11.3 Å². The summed E-state index contributed by atoms with van der Waals surface area (Å²) in [7, 11) is -1.18. The summed E-state index contributed by atoms with van der Waals surface area (Å²) >= 11 is 6.18. The van der Waals surface area contributed by atoms with Gasteiger partial charge in [-0.2, -0.15) is 0 Å². The molecular formula is C14H18ClN3OS. The lowest BCUT2D eigenvalue weighted by atomic mass is 10.1. The van der Waals surface area contributed by atoms with Crippen molar-refractivity contribution in [3.63, 3.8) is 0 Å². The molecule has 0 spiro atoms. The number of aromatic nitrogens is 2. The molecule has 2 N–H and O–H groups in total. The first-order chi connectivity index (χ1) is 9.46. The van der Waals surface area contributed by atoms with Crippen LogP contribution in [0.1, 0.15) is 19.4 Å². The predicted octanol–water partition coefficient (Wildman–Crippen LogP) is 3.15. The fourth-order valence-corrected chi connectivity index (χ4v) is 2.82. The van der Waals surface area contributed by atoms with Gasteiger partial charge in [-0.1, -0.05) is 18.2 Å². The van der Waals surface area contributed by atoms with Gasteiger partial charge in [-0.05, 0) is 25.5 Å². The molecule has 20 heavy (non-hydrogen) atoms. The smallest absolute Gasteiger partial charge is 0.196 e. The molecule has 0 aliphatic carbocycles. The molecule has 0 aliphatic rings. The van der Waals surface area contributed by atoms with Crippen molar-refractivity contribution in [1.29, 1.82) is 0 Å². The molecular weight excluding hydrogens is 294 g/mol. The number of H-pyrrole nitrogens is 1. The molecule has 1 aromatic carbocycles. The molecule has 0 amide bonds. The van der Waals surface area contributed by atoms with Gasteiger partial charge < -0.3 is 10.3 Å². The molecule has 2 aromatic rings. The number of imidazole rings is 1.